The van der Waals surface area contributed by atoms with Crippen molar-refractivity contribution in [2.24, 2.45) is 5.73 Å². The van der Waals surface area contributed by atoms with Gasteiger partial charge in [0.05, 0.1) is 11.4 Å². The Kier molecular flexibility index (Phi) is 4.48. The van der Waals surface area contributed by atoms with Crippen LogP contribution >= 0.6 is 0 Å². The van der Waals surface area contributed by atoms with E-state index in [1.807, 2.05) is 0 Å². The zero-order chi connectivity index (χ0) is 14.6. The van der Waals surface area contributed by atoms with Crippen molar-refractivity contribution in [3.05, 3.63) is 42.0 Å². The molecule has 7 nitrogen and oxygen atoms in total. The zero-order valence-electron chi connectivity index (χ0n) is 11.2. The molecule has 2 rings (SSSR count). The molecule has 1 heterocycles. The van der Waals surface area contributed by atoms with Crippen LogP contribution in [-0.2, 0) is 23.0 Å². The number of hydrogen-bond donors (Lipinski definition) is 2. The summed E-state index contributed by atoms with van der Waals surface area (Å²) in [5.41, 5.74) is 6.48. The van der Waals surface area contributed by atoms with Crippen molar-refractivity contribution in [2.75, 3.05) is 13.6 Å². The molecule has 0 amide bonds. The Bertz CT molecular complexity index is 637. The van der Waals surface area contributed by atoms with Crippen LogP contribution in [0.25, 0.3) is 0 Å². The predicted octanol–water partition coefficient (Wildman–Crippen LogP) is 0.127. The highest BCUT2D eigenvalue weighted by atomic mass is 32.2. The van der Waals surface area contributed by atoms with Gasteiger partial charge in [0.1, 0.15) is 12.2 Å². The van der Waals surface area contributed by atoms with E-state index in [4.69, 9.17) is 5.73 Å². The fourth-order valence-electron chi connectivity index (χ4n) is 1.78. The lowest BCUT2D eigenvalue weighted by atomic mass is 10.2. The van der Waals surface area contributed by atoms with Gasteiger partial charge in [-0.3, -0.25) is 5.10 Å². The van der Waals surface area contributed by atoms with E-state index in [-0.39, 0.29) is 11.4 Å². The van der Waals surface area contributed by atoms with Gasteiger partial charge in [0.2, 0.25) is 10.0 Å². The summed E-state index contributed by atoms with van der Waals surface area (Å²) in [4.78, 5) is 4.17. The van der Waals surface area contributed by atoms with E-state index in [9.17, 15) is 8.42 Å². The van der Waals surface area contributed by atoms with Crippen molar-refractivity contribution >= 4 is 10.0 Å². The van der Waals surface area contributed by atoms with Crippen molar-refractivity contribution in [2.45, 2.75) is 17.9 Å². The number of aromatic amines is 1. The summed E-state index contributed by atoms with van der Waals surface area (Å²) in [6.45, 7) is 0.685. The van der Waals surface area contributed by atoms with E-state index in [0.717, 1.165) is 12.0 Å². The largest absolute Gasteiger partial charge is 0.330 e. The third kappa shape index (κ3) is 3.21. The predicted molar refractivity (Wildman–Crippen MR) is 74.2 cm³/mol. The van der Waals surface area contributed by atoms with Gasteiger partial charge >= 0.3 is 0 Å². The van der Waals surface area contributed by atoms with Crippen molar-refractivity contribution in [3.63, 3.8) is 0 Å². The second-order valence-electron chi connectivity index (χ2n) is 4.38. The smallest absolute Gasteiger partial charge is 0.243 e. The summed E-state index contributed by atoms with van der Waals surface area (Å²) in [7, 11) is -2.03. The molecule has 0 bridgehead atoms. The zero-order valence-corrected chi connectivity index (χ0v) is 12.0. The molecule has 0 spiro atoms. The summed E-state index contributed by atoms with van der Waals surface area (Å²) in [5.74, 6) is 0.496. The first-order valence-electron chi connectivity index (χ1n) is 6.13. The van der Waals surface area contributed by atoms with Crippen LogP contribution in [0.3, 0.4) is 0 Å². The Balaban J connectivity index is 2.16. The Hall–Kier alpha value is -1.77. The Morgan fingerprint density at radius 1 is 1.30 bits per heavy atom. The van der Waals surface area contributed by atoms with Gasteiger partial charge in [0.25, 0.3) is 0 Å². The van der Waals surface area contributed by atoms with E-state index in [0.29, 0.717) is 12.4 Å². The van der Waals surface area contributed by atoms with Crippen LogP contribution in [0.2, 0.25) is 0 Å². The molecule has 0 aliphatic rings. The maximum Gasteiger partial charge on any atom is 0.243 e. The first-order chi connectivity index (χ1) is 9.54. The van der Waals surface area contributed by atoms with Crippen molar-refractivity contribution < 1.29 is 8.42 Å². The highest BCUT2D eigenvalue weighted by molar-refractivity contribution is 7.89. The SMILES string of the molecule is CN(Cc1ncn[nH]1)S(=O)(=O)c1ccc(CCN)cc1. The molecule has 108 valence electrons. The Morgan fingerprint density at radius 2 is 2.00 bits per heavy atom. The molecule has 1 aromatic carbocycles. The van der Waals surface area contributed by atoms with Gasteiger partial charge in [-0.25, -0.2) is 13.4 Å². The van der Waals surface area contributed by atoms with Gasteiger partial charge in [-0.15, -0.1) is 0 Å². The maximum atomic E-state index is 12.4. The molecule has 0 atom stereocenters. The van der Waals surface area contributed by atoms with E-state index >= 15 is 0 Å². The molecule has 3 N–H and O–H groups in total. The highest BCUT2D eigenvalue weighted by Gasteiger charge is 2.21. The minimum Gasteiger partial charge on any atom is -0.330 e. The molecule has 0 fully saturated rings. The molecule has 0 aliphatic carbocycles. The van der Waals surface area contributed by atoms with Crippen molar-refractivity contribution in [3.8, 4) is 0 Å². The van der Waals surface area contributed by atoms with Gasteiger partial charge in [-0.2, -0.15) is 9.40 Å². The second kappa shape index (κ2) is 6.12. The average molecular weight is 295 g/mol. The molecule has 1 aromatic heterocycles. The molecule has 0 radical (unpaired) electrons. The third-order valence-corrected chi connectivity index (χ3v) is 4.72. The monoisotopic (exact) mass is 295 g/mol. The molecule has 0 aliphatic heterocycles. The molecule has 8 heteroatoms. The summed E-state index contributed by atoms with van der Waals surface area (Å²) in [5, 5.41) is 6.33. The van der Waals surface area contributed by atoms with Gasteiger partial charge in [-0.1, -0.05) is 12.1 Å². The molecule has 0 saturated carbocycles. The highest BCUT2D eigenvalue weighted by Crippen LogP contribution is 2.16. The second-order valence-corrected chi connectivity index (χ2v) is 6.42. The molecular formula is C12H17N5O2S. The number of nitrogens with two attached hydrogens (primary N) is 1. The standard InChI is InChI=1S/C12H17N5O2S/c1-17(8-12-14-9-15-16-12)20(18,19)11-4-2-10(3-5-11)6-7-13/h2-5,9H,6-8,13H2,1H3,(H,14,15,16). The van der Waals surface area contributed by atoms with Crippen LogP contribution in [0.5, 0.6) is 0 Å². The number of H-pyrrole nitrogens is 1. The fourth-order valence-corrected chi connectivity index (χ4v) is 2.91. The molecule has 0 unspecified atom stereocenters. The molecule has 2 aromatic rings. The van der Waals surface area contributed by atoms with Gasteiger partial charge in [0.15, 0.2) is 0 Å². The number of sulfonamides is 1. The quantitative estimate of drug-likeness (QED) is 0.788. The first kappa shape index (κ1) is 14.6. The average Bonchev–Trinajstić information content (AvgIpc) is 2.92. The first-order valence-corrected chi connectivity index (χ1v) is 7.57. The van der Waals surface area contributed by atoms with E-state index in [2.05, 4.69) is 15.2 Å². The van der Waals surface area contributed by atoms with Gasteiger partial charge in [-0.05, 0) is 30.7 Å². The van der Waals surface area contributed by atoms with Gasteiger partial charge in [0, 0.05) is 7.05 Å². The normalized spacial score (nSPS) is 11.9. The fraction of sp³-hybridized carbons (Fsp3) is 0.333. The summed E-state index contributed by atoms with van der Waals surface area (Å²) < 4.78 is 26.0. The van der Waals surface area contributed by atoms with Crippen LogP contribution in [0, 0.1) is 0 Å². The summed E-state index contributed by atoms with van der Waals surface area (Å²) in [6, 6.07) is 6.75. The van der Waals surface area contributed by atoms with E-state index < -0.39 is 10.0 Å². The minimum atomic E-state index is -3.53. The van der Waals surface area contributed by atoms with Crippen LogP contribution in [-0.4, -0.2) is 41.5 Å². The Labute approximate surface area is 117 Å². The van der Waals surface area contributed by atoms with Gasteiger partial charge < -0.3 is 5.73 Å². The third-order valence-electron chi connectivity index (χ3n) is 2.90. The number of rotatable bonds is 6. The lowest BCUT2D eigenvalue weighted by Crippen LogP contribution is -2.27. The van der Waals surface area contributed by atoms with Crippen LogP contribution in [0.4, 0.5) is 0 Å². The lowest BCUT2D eigenvalue weighted by molar-refractivity contribution is 0.457. The summed E-state index contributed by atoms with van der Waals surface area (Å²) in [6.07, 6.45) is 2.08. The van der Waals surface area contributed by atoms with E-state index in [1.165, 1.54) is 17.7 Å². The van der Waals surface area contributed by atoms with Crippen molar-refractivity contribution in [1.29, 1.82) is 0 Å². The maximum absolute atomic E-state index is 12.4. The Morgan fingerprint density at radius 3 is 2.55 bits per heavy atom. The number of nitrogens with one attached hydrogen (secondary N) is 1. The van der Waals surface area contributed by atoms with Crippen LogP contribution < -0.4 is 5.73 Å². The summed E-state index contributed by atoms with van der Waals surface area (Å²) >= 11 is 0. The lowest BCUT2D eigenvalue weighted by Gasteiger charge is -2.16. The molecular weight excluding hydrogens is 278 g/mol. The number of benzene rings is 1. The number of aromatic nitrogens is 3. The topological polar surface area (TPSA) is 105 Å². The van der Waals surface area contributed by atoms with Crippen molar-refractivity contribution in [1.82, 2.24) is 19.5 Å². The molecule has 0 saturated heterocycles. The number of nitrogens with zero attached hydrogens (tertiary/aromatic N) is 3. The number of hydrogen-bond acceptors (Lipinski definition) is 5. The molecule has 20 heavy (non-hydrogen) atoms. The van der Waals surface area contributed by atoms with E-state index in [1.54, 1.807) is 24.3 Å². The van der Waals surface area contributed by atoms with Crippen LogP contribution in [0.1, 0.15) is 11.4 Å². The van der Waals surface area contributed by atoms with Crippen LogP contribution in [0.15, 0.2) is 35.5 Å². The minimum absolute atomic E-state index is 0.146.